The van der Waals surface area contributed by atoms with Crippen molar-refractivity contribution in [3.8, 4) is 0 Å². The highest BCUT2D eigenvalue weighted by atomic mass is 16.7. The number of carbonyl (C=O) groups excluding carboxylic acids is 2. The van der Waals surface area contributed by atoms with E-state index >= 15 is 0 Å². The molecule has 1 amide bonds. The van der Waals surface area contributed by atoms with Crippen molar-refractivity contribution >= 4 is 11.7 Å². The third-order valence-electron chi connectivity index (χ3n) is 1.89. The fraction of sp³-hybridized carbons (Fsp3) is 0.818. The van der Waals surface area contributed by atoms with Gasteiger partial charge in [-0.3, -0.25) is 14.4 Å². The van der Waals surface area contributed by atoms with Gasteiger partial charge in [-0.05, 0) is 6.92 Å². The molecule has 90 valence electrons. The molecule has 0 aliphatic rings. The number of carbonyl (C=O) groups is 2. The predicted octanol–water partition coefficient (Wildman–Crippen LogP) is 1.89. The number of ketones is 1. The molecule has 0 saturated heterocycles. The highest BCUT2D eigenvalue weighted by Gasteiger charge is 2.11. The Morgan fingerprint density at radius 3 is 1.47 bits per heavy atom. The van der Waals surface area contributed by atoms with Gasteiger partial charge in [0.25, 0.3) is 0 Å². The van der Waals surface area contributed by atoms with Crippen LogP contribution in [-0.4, -0.2) is 30.9 Å². The van der Waals surface area contributed by atoms with Crippen molar-refractivity contribution in [2.24, 2.45) is 11.8 Å². The van der Waals surface area contributed by atoms with Crippen LogP contribution in [-0.2, 0) is 14.4 Å². The van der Waals surface area contributed by atoms with Crippen LogP contribution in [0.4, 0.5) is 0 Å². The minimum atomic E-state index is -0.00231. The van der Waals surface area contributed by atoms with Gasteiger partial charge in [-0.25, -0.2) is 5.06 Å². The molecular weight excluding hydrogens is 194 g/mol. The summed E-state index contributed by atoms with van der Waals surface area (Å²) in [6.45, 7) is 9.05. The maximum Gasteiger partial charge on any atom is 0.248 e. The summed E-state index contributed by atoms with van der Waals surface area (Å²) in [6.07, 6.45) is 0. The van der Waals surface area contributed by atoms with Gasteiger partial charge in [-0.1, -0.05) is 27.7 Å². The third-order valence-corrected chi connectivity index (χ3v) is 1.89. The standard InChI is InChI=1S/C6H13NO2.C5H10O/c1-5(2)6(8)7(3)9-4;1-4(2)5(3)6/h5H,1-4H3;4H,1-3H3. The molecule has 0 radical (unpaired) electrons. The summed E-state index contributed by atoms with van der Waals surface area (Å²) in [5.74, 6) is 0.479. The zero-order chi connectivity index (χ0) is 12.6. The van der Waals surface area contributed by atoms with Crippen LogP contribution < -0.4 is 0 Å². The van der Waals surface area contributed by atoms with Crippen LogP contribution in [0.2, 0.25) is 0 Å². The van der Waals surface area contributed by atoms with E-state index in [1.54, 1.807) is 14.0 Å². The fourth-order valence-corrected chi connectivity index (χ4v) is 0.454. The molecule has 0 spiro atoms. The Hall–Kier alpha value is -0.900. The molecule has 0 aromatic carbocycles. The van der Waals surface area contributed by atoms with Crippen molar-refractivity contribution in [2.45, 2.75) is 34.6 Å². The summed E-state index contributed by atoms with van der Waals surface area (Å²) < 4.78 is 0. The Labute approximate surface area is 92.5 Å². The van der Waals surface area contributed by atoms with E-state index in [2.05, 4.69) is 4.84 Å². The normalized spacial score (nSPS) is 9.67. The van der Waals surface area contributed by atoms with Gasteiger partial charge in [0.1, 0.15) is 5.78 Å². The third kappa shape index (κ3) is 9.41. The van der Waals surface area contributed by atoms with Crippen molar-refractivity contribution in [1.29, 1.82) is 0 Å². The molecule has 0 aliphatic heterocycles. The minimum absolute atomic E-state index is 0.00231. The smallest absolute Gasteiger partial charge is 0.248 e. The maximum atomic E-state index is 10.9. The lowest BCUT2D eigenvalue weighted by Gasteiger charge is -2.15. The Morgan fingerprint density at radius 2 is 1.40 bits per heavy atom. The number of rotatable bonds is 3. The topological polar surface area (TPSA) is 46.6 Å². The molecule has 15 heavy (non-hydrogen) atoms. The summed E-state index contributed by atoms with van der Waals surface area (Å²) in [7, 11) is 3.07. The van der Waals surface area contributed by atoms with Gasteiger partial charge in [0, 0.05) is 18.9 Å². The largest absolute Gasteiger partial charge is 0.300 e. The lowest BCUT2D eigenvalue weighted by atomic mass is 10.1. The highest BCUT2D eigenvalue weighted by molar-refractivity contribution is 5.77. The van der Waals surface area contributed by atoms with E-state index in [-0.39, 0.29) is 23.5 Å². The second-order valence-corrected chi connectivity index (χ2v) is 3.94. The molecule has 0 aromatic heterocycles. The van der Waals surface area contributed by atoms with Gasteiger partial charge in [0.05, 0.1) is 7.11 Å². The van der Waals surface area contributed by atoms with Crippen LogP contribution in [0.3, 0.4) is 0 Å². The van der Waals surface area contributed by atoms with E-state index < -0.39 is 0 Å². The molecule has 0 rings (SSSR count). The monoisotopic (exact) mass is 217 g/mol. The SMILES string of the molecule is CC(=O)C(C)C.CON(C)C(=O)C(C)C. The fourth-order valence-electron chi connectivity index (χ4n) is 0.454. The molecule has 0 fully saturated rings. The van der Waals surface area contributed by atoms with Crippen molar-refractivity contribution < 1.29 is 14.4 Å². The van der Waals surface area contributed by atoms with Crippen molar-refractivity contribution in [2.75, 3.05) is 14.2 Å². The van der Waals surface area contributed by atoms with Gasteiger partial charge in [-0.15, -0.1) is 0 Å². The molecule has 0 heterocycles. The van der Waals surface area contributed by atoms with Gasteiger partial charge in [0.2, 0.25) is 5.91 Å². The number of hydrogen-bond acceptors (Lipinski definition) is 3. The van der Waals surface area contributed by atoms with E-state index in [0.29, 0.717) is 0 Å². The molecule has 0 aliphatic carbocycles. The van der Waals surface area contributed by atoms with Crippen LogP contribution in [0.1, 0.15) is 34.6 Å². The molecule has 0 bridgehead atoms. The van der Waals surface area contributed by atoms with E-state index in [9.17, 15) is 9.59 Å². The zero-order valence-corrected chi connectivity index (χ0v) is 10.8. The average molecular weight is 217 g/mol. The first-order chi connectivity index (χ1) is 6.73. The molecule has 4 heteroatoms. The van der Waals surface area contributed by atoms with Gasteiger partial charge >= 0.3 is 0 Å². The summed E-state index contributed by atoms with van der Waals surface area (Å²) in [5, 5.41) is 1.23. The number of nitrogens with zero attached hydrogens (tertiary/aromatic N) is 1. The van der Waals surface area contributed by atoms with Crippen LogP contribution >= 0.6 is 0 Å². The first-order valence-electron chi connectivity index (χ1n) is 5.06. The second kappa shape index (κ2) is 8.41. The Kier molecular flexibility index (Phi) is 9.27. The van der Waals surface area contributed by atoms with Gasteiger partial charge in [0.15, 0.2) is 0 Å². The second-order valence-electron chi connectivity index (χ2n) is 3.94. The molecule has 0 unspecified atom stereocenters. The van der Waals surface area contributed by atoms with Crippen molar-refractivity contribution in [1.82, 2.24) is 5.06 Å². The van der Waals surface area contributed by atoms with E-state index in [1.165, 1.54) is 12.2 Å². The summed E-state index contributed by atoms with van der Waals surface area (Å²) in [5.41, 5.74) is 0. The first kappa shape index (κ1) is 16.5. The lowest BCUT2D eigenvalue weighted by molar-refractivity contribution is -0.172. The quantitative estimate of drug-likeness (QED) is 0.678. The van der Waals surface area contributed by atoms with Crippen molar-refractivity contribution in [3.63, 3.8) is 0 Å². The molecule has 0 N–H and O–H groups in total. The molecule has 0 atom stereocenters. The van der Waals surface area contributed by atoms with E-state index in [1.807, 2.05) is 27.7 Å². The Bertz CT molecular complexity index is 200. The highest BCUT2D eigenvalue weighted by Crippen LogP contribution is 1.97. The zero-order valence-electron chi connectivity index (χ0n) is 10.8. The summed E-state index contributed by atoms with van der Waals surface area (Å²) >= 11 is 0. The van der Waals surface area contributed by atoms with Crippen LogP contribution in [0.15, 0.2) is 0 Å². The van der Waals surface area contributed by atoms with Gasteiger partial charge < -0.3 is 0 Å². The van der Waals surface area contributed by atoms with Crippen molar-refractivity contribution in [3.05, 3.63) is 0 Å². The van der Waals surface area contributed by atoms with E-state index in [4.69, 9.17) is 0 Å². The minimum Gasteiger partial charge on any atom is -0.300 e. The summed E-state index contributed by atoms with van der Waals surface area (Å²) in [6, 6.07) is 0. The number of Topliss-reactive ketones (excluding diaryl/α,β-unsaturated/α-hetero) is 1. The molecule has 0 aromatic rings. The van der Waals surface area contributed by atoms with Gasteiger partial charge in [-0.2, -0.15) is 0 Å². The first-order valence-corrected chi connectivity index (χ1v) is 5.06. The Balaban J connectivity index is 0. The molecule has 0 saturated carbocycles. The van der Waals surface area contributed by atoms with Crippen LogP contribution in [0.25, 0.3) is 0 Å². The summed E-state index contributed by atoms with van der Waals surface area (Å²) in [4.78, 5) is 25.7. The average Bonchev–Trinajstić information content (AvgIpc) is 2.16. The number of hydrogen-bond donors (Lipinski definition) is 0. The lowest BCUT2D eigenvalue weighted by Crippen LogP contribution is -2.29. The van der Waals surface area contributed by atoms with Crippen LogP contribution in [0.5, 0.6) is 0 Å². The van der Waals surface area contributed by atoms with Crippen LogP contribution in [0, 0.1) is 11.8 Å². The Morgan fingerprint density at radius 1 is 1.07 bits per heavy atom. The predicted molar refractivity (Wildman–Crippen MR) is 60.1 cm³/mol. The number of hydroxylamine groups is 2. The molecule has 4 nitrogen and oxygen atoms in total. The maximum absolute atomic E-state index is 10.9. The molecular formula is C11H23NO3. The number of amides is 1. The van der Waals surface area contributed by atoms with E-state index in [0.717, 1.165) is 0 Å².